The molecule has 0 radical (unpaired) electrons. The molecule has 112 valence electrons. The second kappa shape index (κ2) is 6.99. The first-order chi connectivity index (χ1) is 10.1. The average Bonchev–Trinajstić information content (AvgIpc) is 2.45. The van der Waals surface area contributed by atoms with E-state index in [0.717, 1.165) is 32.0 Å². The van der Waals surface area contributed by atoms with Crippen molar-refractivity contribution in [2.75, 3.05) is 20.1 Å². The molecule has 0 spiro atoms. The Kier molecular flexibility index (Phi) is 5.05. The number of aliphatic carboxylic acids is 1. The first kappa shape index (κ1) is 15.2. The maximum Gasteiger partial charge on any atom is 0.328 e. The Hall–Kier alpha value is -2.21. The van der Waals surface area contributed by atoms with Gasteiger partial charge in [-0.05, 0) is 38.6 Å². The van der Waals surface area contributed by atoms with Gasteiger partial charge in [-0.3, -0.25) is 9.78 Å². The Morgan fingerprint density at radius 3 is 3.05 bits per heavy atom. The van der Waals surface area contributed by atoms with Gasteiger partial charge in [-0.25, -0.2) is 4.79 Å². The highest BCUT2D eigenvalue weighted by atomic mass is 16.4. The minimum Gasteiger partial charge on any atom is -0.478 e. The fourth-order valence-electron chi connectivity index (χ4n) is 2.44. The summed E-state index contributed by atoms with van der Waals surface area (Å²) in [7, 11) is 2.03. The Bertz CT molecular complexity index is 557. The smallest absolute Gasteiger partial charge is 0.328 e. The van der Waals surface area contributed by atoms with Gasteiger partial charge in [0.05, 0.1) is 0 Å². The van der Waals surface area contributed by atoms with Crippen LogP contribution in [-0.2, 0) is 4.79 Å². The molecule has 0 aromatic carbocycles. The number of likely N-dealkylation sites (N-methyl/N-ethyl adjacent to an activating group) is 1. The van der Waals surface area contributed by atoms with E-state index in [4.69, 9.17) is 5.11 Å². The van der Waals surface area contributed by atoms with Crippen molar-refractivity contribution in [2.24, 2.45) is 0 Å². The highest BCUT2D eigenvalue weighted by Gasteiger charge is 2.21. The summed E-state index contributed by atoms with van der Waals surface area (Å²) in [5.74, 6) is -1.32. The largest absolute Gasteiger partial charge is 0.478 e. The zero-order valence-electron chi connectivity index (χ0n) is 12.0. The van der Waals surface area contributed by atoms with Crippen LogP contribution in [0.4, 0.5) is 0 Å². The molecule has 0 saturated carbocycles. The van der Waals surface area contributed by atoms with E-state index < -0.39 is 5.97 Å². The van der Waals surface area contributed by atoms with Crippen molar-refractivity contribution < 1.29 is 14.7 Å². The van der Waals surface area contributed by atoms with Crippen LogP contribution in [0.25, 0.3) is 6.08 Å². The molecule has 0 aliphatic carbocycles. The highest BCUT2D eigenvalue weighted by molar-refractivity contribution is 5.97. The number of carboxylic acid groups (broad SMARTS) is 1. The van der Waals surface area contributed by atoms with E-state index in [1.807, 2.05) is 7.05 Å². The van der Waals surface area contributed by atoms with Gasteiger partial charge in [0.25, 0.3) is 5.91 Å². The molecule has 6 heteroatoms. The van der Waals surface area contributed by atoms with Crippen LogP contribution in [0, 0.1) is 0 Å². The van der Waals surface area contributed by atoms with Gasteiger partial charge < -0.3 is 15.3 Å². The molecule has 1 aromatic rings. The van der Waals surface area contributed by atoms with Crippen LogP contribution in [0.3, 0.4) is 0 Å². The molecule has 1 aliphatic heterocycles. The summed E-state index contributed by atoms with van der Waals surface area (Å²) in [6.07, 6.45) is 5.91. The van der Waals surface area contributed by atoms with E-state index in [9.17, 15) is 9.59 Å². The van der Waals surface area contributed by atoms with E-state index in [2.05, 4.69) is 15.2 Å². The Morgan fingerprint density at radius 2 is 2.33 bits per heavy atom. The SMILES string of the molecule is CN1CCCC(NC(=O)c2ncccc2/C=C/C(=O)O)C1. The van der Waals surface area contributed by atoms with Crippen LogP contribution in [0.5, 0.6) is 0 Å². The molecule has 2 N–H and O–H groups in total. The molecule has 2 rings (SSSR count). The van der Waals surface area contributed by atoms with Gasteiger partial charge in [-0.15, -0.1) is 0 Å². The fourth-order valence-corrected chi connectivity index (χ4v) is 2.44. The predicted molar refractivity (Wildman–Crippen MR) is 78.9 cm³/mol. The van der Waals surface area contributed by atoms with E-state index >= 15 is 0 Å². The Balaban J connectivity index is 2.10. The van der Waals surface area contributed by atoms with E-state index in [1.54, 1.807) is 12.1 Å². The summed E-state index contributed by atoms with van der Waals surface area (Å²) in [6.45, 7) is 1.86. The van der Waals surface area contributed by atoms with Gasteiger partial charge in [-0.1, -0.05) is 6.07 Å². The summed E-state index contributed by atoms with van der Waals surface area (Å²) in [4.78, 5) is 29.2. The summed E-state index contributed by atoms with van der Waals surface area (Å²) >= 11 is 0. The van der Waals surface area contributed by atoms with Crippen molar-refractivity contribution in [1.29, 1.82) is 0 Å². The van der Waals surface area contributed by atoms with Gasteiger partial charge in [0, 0.05) is 30.4 Å². The number of carboxylic acids is 1. The van der Waals surface area contributed by atoms with Crippen molar-refractivity contribution in [1.82, 2.24) is 15.2 Å². The van der Waals surface area contributed by atoms with Crippen molar-refractivity contribution >= 4 is 18.0 Å². The van der Waals surface area contributed by atoms with Gasteiger partial charge >= 0.3 is 5.97 Å². The van der Waals surface area contributed by atoms with Gasteiger partial charge in [0.1, 0.15) is 5.69 Å². The lowest BCUT2D eigenvalue weighted by Gasteiger charge is -2.30. The maximum atomic E-state index is 12.3. The minimum atomic E-state index is -1.06. The lowest BCUT2D eigenvalue weighted by atomic mass is 10.1. The average molecular weight is 289 g/mol. The number of piperidine rings is 1. The van der Waals surface area contributed by atoms with Crippen molar-refractivity contribution in [3.05, 3.63) is 35.7 Å². The number of amides is 1. The van der Waals surface area contributed by atoms with Gasteiger partial charge in [0.2, 0.25) is 0 Å². The van der Waals surface area contributed by atoms with E-state index in [0.29, 0.717) is 5.56 Å². The number of nitrogens with one attached hydrogen (secondary N) is 1. The second-order valence-electron chi connectivity index (χ2n) is 5.19. The third-order valence-corrected chi connectivity index (χ3v) is 3.42. The van der Waals surface area contributed by atoms with Crippen LogP contribution in [0.2, 0.25) is 0 Å². The lowest BCUT2D eigenvalue weighted by Crippen LogP contribution is -2.46. The number of nitrogens with zero attached hydrogens (tertiary/aromatic N) is 2. The Labute approximate surface area is 123 Å². The molecule has 1 unspecified atom stereocenters. The van der Waals surface area contributed by atoms with Crippen LogP contribution in [-0.4, -0.2) is 53.0 Å². The van der Waals surface area contributed by atoms with Crippen LogP contribution in [0.15, 0.2) is 24.4 Å². The third kappa shape index (κ3) is 4.39. The van der Waals surface area contributed by atoms with E-state index in [-0.39, 0.29) is 17.6 Å². The molecule has 1 fully saturated rings. The molecule has 1 aliphatic rings. The van der Waals surface area contributed by atoms with E-state index in [1.165, 1.54) is 12.3 Å². The standard InChI is InChI=1S/C15H19N3O3/c1-18-9-3-5-12(10-18)17-15(21)14-11(4-2-8-16-14)6-7-13(19)20/h2,4,6-8,12H,3,5,9-10H2,1H3,(H,17,21)(H,19,20)/b7-6+. The number of hydrogen-bond donors (Lipinski definition) is 2. The summed E-state index contributed by atoms with van der Waals surface area (Å²) < 4.78 is 0. The first-order valence-electron chi connectivity index (χ1n) is 6.91. The summed E-state index contributed by atoms with van der Waals surface area (Å²) in [6, 6.07) is 3.45. The number of carbonyl (C=O) groups excluding carboxylic acids is 1. The van der Waals surface area contributed by atoms with Crippen LogP contribution < -0.4 is 5.32 Å². The molecular formula is C15H19N3O3. The third-order valence-electron chi connectivity index (χ3n) is 3.42. The normalized spacial score (nSPS) is 19.6. The Morgan fingerprint density at radius 1 is 1.52 bits per heavy atom. The predicted octanol–water partition coefficient (Wildman–Crippen LogP) is 1.00. The van der Waals surface area contributed by atoms with Crippen molar-refractivity contribution in [2.45, 2.75) is 18.9 Å². The lowest BCUT2D eigenvalue weighted by molar-refractivity contribution is -0.131. The van der Waals surface area contributed by atoms with Gasteiger partial charge in [-0.2, -0.15) is 0 Å². The molecule has 0 bridgehead atoms. The number of rotatable bonds is 4. The molecule has 6 nitrogen and oxygen atoms in total. The fraction of sp³-hybridized carbons (Fsp3) is 0.400. The topological polar surface area (TPSA) is 82.5 Å². The highest BCUT2D eigenvalue weighted by Crippen LogP contribution is 2.11. The quantitative estimate of drug-likeness (QED) is 0.808. The van der Waals surface area contributed by atoms with Crippen LogP contribution >= 0.6 is 0 Å². The number of carbonyl (C=O) groups is 2. The van der Waals surface area contributed by atoms with Gasteiger partial charge in [0.15, 0.2) is 0 Å². The molecular weight excluding hydrogens is 270 g/mol. The molecule has 21 heavy (non-hydrogen) atoms. The summed E-state index contributed by atoms with van der Waals surface area (Å²) in [5, 5.41) is 11.7. The van der Waals surface area contributed by atoms with Crippen molar-refractivity contribution in [3.63, 3.8) is 0 Å². The summed E-state index contributed by atoms with van der Waals surface area (Å²) in [5.41, 5.74) is 0.754. The second-order valence-corrected chi connectivity index (χ2v) is 5.19. The van der Waals surface area contributed by atoms with Crippen molar-refractivity contribution in [3.8, 4) is 0 Å². The number of pyridine rings is 1. The first-order valence-corrected chi connectivity index (χ1v) is 6.91. The molecule has 1 atom stereocenters. The zero-order chi connectivity index (χ0) is 15.2. The monoisotopic (exact) mass is 289 g/mol. The van der Waals surface area contributed by atoms with Crippen LogP contribution in [0.1, 0.15) is 28.9 Å². The molecule has 1 amide bonds. The number of aromatic nitrogens is 1. The molecule has 1 saturated heterocycles. The zero-order valence-corrected chi connectivity index (χ0v) is 12.0. The maximum absolute atomic E-state index is 12.3. The molecule has 1 aromatic heterocycles. The minimum absolute atomic E-state index is 0.106. The number of likely N-dealkylation sites (tertiary alicyclic amines) is 1. The molecule has 2 heterocycles. The number of hydrogen-bond acceptors (Lipinski definition) is 4.